The van der Waals surface area contributed by atoms with Crippen LogP contribution in [-0.2, 0) is 16.2 Å². The molecule has 5 aromatic carbocycles. The van der Waals surface area contributed by atoms with E-state index >= 15 is 0 Å². The van der Waals surface area contributed by atoms with E-state index in [2.05, 4.69) is 138 Å². The van der Waals surface area contributed by atoms with E-state index in [1.54, 1.807) is 19.1 Å². The molecule has 5 nitrogen and oxygen atoms in total. The molecule has 1 radical (unpaired) electrons. The average molecular weight is 813 g/mol. The Morgan fingerprint density at radius 1 is 0.585 bits per heavy atom. The molecule has 0 aliphatic heterocycles. The van der Waals surface area contributed by atoms with E-state index in [1.165, 1.54) is 34.7 Å². The molecule has 0 amide bonds. The summed E-state index contributed by atoms with van der Waals surface area (Å²) >= 11 is -1.84. The van der Waals surface area contributed by atoms with E-state index in [0.717, 1.165) is 5.69 Å². The average Bonchev–Trinajstić information content (AvgIpc) is 3.48. The molecule has 0 atom stereocenters. The minimum Gasteiger partial charge on any atom is -0.477 e. The molecule has 0 spiro atoms. The van der Waals surface area contributed by atoms with Crippen LogP contribution >= 0.6 is 0 Å². The topological polar surface area (TPSA) is 64.4 Å². The molecular weight excluding hydrogens is 759 g/mol. The second-order valence-electron chi connectivity index (χ2n) is 15.8. The van der Waals surface area contributed by atoms with Crippen LogP contribution in [0, 0.1) is 6.92 Å². The van der Waals surface area contributed by atoms with Crippen molar-refractivity contribution in [3.05, 3.63) is 180 Å². The molecular formula is C47H53N2O3Sn. The maximum atomic E-state index is 11.5. The van der Waals surface area contributed by atoms with Crippen LogP contribution in [0.4, 0.5) is 0 Å². The third kappa shape index (κ3) is 10.5. The van der Waals surface area contributed by atoms with Gasteiger partial charge < -0.3 is 9.84 Å². The van der Waals surface area contributed by atoms with Gasteiger partial charge in [-0.15, -0.1) is 0 Å². The fourth-order valence-corrected chi connectivity index (χ4v) is 20.7. The predicted octanol–water partition coefficient (Wildman–Crippen LogP) is 12.1. The van der Waals surface area contributed by atoms with Crippen molar-refractivity contribution in [2.75, 3.05) is 0 Å². The zero-order valence-electron chi connectivity index (χ0n) is 32.2. The third-order valence-corrected chi connectivity index (χ3v) is 21.8. The Kier molecular flexibility index (Phi) is 13.0. The quantitative estimate of drug-likeness (QED) is 0.118. The van der Waals surface area contributed by atoms with Crippen LogP contribution in [0.5, 0.6) is 11.6 Å². The molecule has 0 aliphatic carbocycles. The van der Waals surface area contributed by atoms with Crippen LogP contribution in [0.25, 0.3) is 5.69 Å². The normalized spacial score (nSPS) is 11.8. The molecule has 1 heterocycles. The maximum absolute atomic E-state index is 11.5. The first kappa shape index (κ1) is 39.6. The summed E-state index contributed by atoms with van der Waals surface area (Å²) in [4.78, 5) is 11.5. The third-order valence-electron chi connectivity index (χ3n) is 9.93. The first-order chi connectivity index (χ1) is 25.3. The fraction of sp³-hybridized carbons (Fsp3) is 0.277. The number of para-hydroxylation sites is 2. The molecule has 0 saturated carbocycles. The molecule has 0 fully saturated rings. The van der Waals surface area contributed by atoms with Gasteiger partial charge in [0.05, 0.1) is 11.4 Å². The van der Waals surface area contributed by atoms with Crippen LogP contribution in [0.2, 0.25) is 13.3 Å². The molecule has 0 aliphatic rings. The second-order valence-corrected chi connectivity index (χ2v) is 23.1. The van der Waals surface area contributed by atoms with Crippen LogP contribution in [0.1, 0.15) is 74.3 Å². The molecule has 273 valence electrons. The van der Waals surface area contributed by atoms with E-state index in [4.69, 9.17) is 4.74 Å². The summed E-state index contributed by atoms with van der Waals surface area (Å²) in [5.74, 6) is -0.310. The van der Waals surface area contributed by atoms with E-state index in [9.17, 15) is 9.90 Å². The largest absolute Gasteiger partial charge is 0.477 e. The summed E-state index contributed by atoms with van der Waals surface area (Å²) in [6.45, 7) is 16.5. The number of carbonyl (C=O) groups is 1. The number of rotatable bonds is 13. The smallest absolute Gasteiger partial charge is 0.343 e. The number of aromatic carboxylic acids is 1. The van der Waals surface area contributed by atoms with Gasteiger partial charge in [-0.3, -0.25) is 0 Å². The van der Waals surface area contributed by atoms with Gasteiger partial charge >= 0.3 is 205 Å². The summed E-state index contributed by atoms with van der Waals surface area (Å²) in [5.41, 5.74) is 6.37. The number of ether oxygens (including phenoxy) is 1. The number of hydrogen-bond donors (Lipinski definition) is 1. The van der Waals surface area contributed by atoms with Crippen molar-refractivity contribution in [3.8, 4) is 17.3 Å². The summed E-state index contributed by atoms with van der Waals surface area (Å²) in [6.07, 6.45) is 0. The van der Waals surface area contributed by atoms with Crippen molar-refractivity contribution < 1.29 is 14.6 Å². The molecule has 0 bridgehead atoms. The maximum Gasteiger partial charge on any atom is 0.343 e. The molecule has 6 rings (SSSR count). The Bertz CT molecular complexity index is 1900. The molecule has 1 N–H and O–H groups in total. The number of benzene rings is 5. The van der Waals surface area contributed by atoms with Crippen molar-refractivity contribution in [3.63, 3.8) is 0 Å². The predicted molar refractivity (Wildman–Crippen MR) is 220 cm³/mol. The van der Waals surface area contributed by atoms with Crippen LogP contribution in [0.3, 0.4) is 0 Å². The van der Waals surface area contributed by atoms with Gasteiger partial charge in [-0.05, 0) is 31.2 Å². The summed E-state index contributed by atoms with van der Waals surface area (Å²) < 4.78 is 11.4. The van der Waals surface area contributed by atoms with Gasteiger partial charge in [0, 0.05) is 0 Å². The van der Waals surface area contributed by atoms with Crippen LogP contribution in [0.15, 0.2) is 152 Å². The van der Waals surface area contributed by atoms with Crippen molar-refractivity contribution in [2.45, 2.75) is 78.0 Å². The first-order valence-electron chi connectivity index (χ1n) is 18.4. The molecule has 1 aromatic heterocycles. The van der Waals surface area contributed by atoms with Gasteiger partial charge in [-0.25, -0.2) is 4.79 Å². The fourth-order valence-electron chi connectivity index (χ4n) is 7.23. The van der Waals surface area contributed by atoms with Gasteiger partial charge in [-0.2, -0.15) is 9.78 Å². The standard InChI is InChI=1S/C17H14N2O3.3C10H13.Sn/c1-12-15(17(20)21)16(22-14-10-6-3-7-11-14)19(18-12)13-8-4-2-5-9-13;3*1-10(2,3)9-7-5-4-6-8-9;/h2-11H,1H3,(H,20,21);3*4-8H,1H2,2-3H3;. The van der Waals surface area contributed by atoms with Gasteiger partial charge in [0.2, 0.25) is 5.88 Å². The minimum absolute atomic E-state index is 0.0627. The van der Waals surface area contributed by atoms with Crippen LogP contribution in [-0.4, -0.2) is 40.6 Å². The summed E-state index contributed by atoms with van der Waals surface area (Å²) in [6, 6.07) is 51.9. The monoisotopic (exact) mass is 813 g/mol. The van der Waals surface area contributed by atoms with Gasteiger partial charge in [0.15, 0.2) is 0 Å². The van der Waals surface area contributed by atoms with Crippen LogP contribution < -0.4 is 4.74 Å². The van der Waals surface area contributed by atoms with E-state index < -0.39 is 25.7 Å². The van der Waals surface area contributed by atoms with E-state index in [1.807, 2.05) is 48.5 Å². The van der Waals surface area contributed by atoms with Gasteiger partial charge in [0.1, 0.15) is 11.3 Å². The zero-order chi connectivity index (χ0) is 38.1. The number of carboxylic acids is 1. The summed E-state index contributed by atoms with van der Waals surface area (Å²) in [7, 11) is 0. The Hall–Kier alpha value is -4.62. The molecule has 6 aromatic rings. The molecule has 6 heteroatoms. The molecule has 0 unspecified atom stereocenters. The summed E-state index contributed by atoms with van der Waals surface area (Å²) in [5, 5.41) is 13.8. The zero-order valence-corrected chi connectivity index (χ0v) is 35.1. The van der Waals surface area contributed by atoms with Crippen molar-refractivity contribution in [2.24, 2.45) is 0 Å². The Morgan fingerprint density at radius 2 is 0.925 bits per heavy atom. The van der Waals surface area contributed by atoms with E-state index in [-0.39, 0.29) is 27.7 Å². The van der Waals surface area contributed by atoms with Gasteiger partial charge in [-0.1, -0.05) is 36.4 Å². The number of hydrogen-bond acceptors (Lipinski definition) is 3. The van der Waals surface area contributed by atoms with Crippen molar-refractivity contribution in [1.29, 1.82) is 0 Å². The number of nitrogens with zero attached hydrogens (tertiary/aromatic N) is 2. The van der Waals surface area contributed by atoms with Crippen molar-refractivity contribution >= 4 is 25.7 Å². The minimum atomic E-state index is -1.84. The first-order valence-corrected chi connectivity index (χ1v) is 24.4. The number of aromatic nitrogens is 2. The van der Waals surface area contributed by atoms with E-state index in [0.29, 0.717) is 11.4 Å². The number of carboxylic acid groups (broad SMARTS) is 1. The molecule has 0 saturated heterocycles. The second kappa shape index (κ2) is 17.5. The van der Waals surface area contributed by atoms with Crippen molar-refractivity contribution in [1.82, 2.24) is 9.78 Å². The Labute approximate surface area is 323 Å². The SMILES string of the molecule is CC(C)([CH2][Sn]([CH2]C(C)(C)c1ccccc1)[CH2]C(C)(C)c1ccccc1)c1ccccc1.Cc1nn(-c2ccccc2)c(Oc2ccccc2)c1C(=O)O. The Morgan fingerprint density at radius 3 is 1.28 bits per heavy atom. The van der Waals surface area contributed by atoms with Gasteiger partial charge in [0.25, 0.3) is 0 Å². The molecule has 53 heavy (non-hydrogen) atoms. The Balaban J connectivity index is 0.000000216. The number of aryl methyl sites for hydroxylation is 1.